The van der Waals surface area contributed by atoms with Crippen LogP contribution in [0.25, 0.3) is 0 Å². The molecule has 1 aromatic rings. The molecular weight excluding hydrogens is 312 g/mol. The maximum atomic E-state index is 12.2. The van der Waals surface area contributed by atoms with Gasteiger partial charge in [-0.1, -0.05) is 32.9 Å². The van der Waals surface area contributed by atoms with Crippen molar-refractivity contribution in [3.63, 3.8) is 0 Å². The molecule has 0 radical (unpaired) electrons. The summed E-state index contributed by atoms with van der Waals surface area (Å²) in [5.74, 6) is 2.01. The predicted octanol–water partition coefficient (Wildman–Crippen LogP) is 2.80. The number of amides is 1. The van der Waals surface area contributed by atoms with Crippen molar-refractivity contribution >= 4 is 18.3 Å². The highest BCUT2D eigenvalue weighted by Crippen LogP contribution is 2.15. The van der Waals surface area contributed by atoms with E-state index in [1.165, 1.54) is 0 Å². The molecular formula is C18H29ClN2O2. The summed E-state index contributed by atoms with van der Waals surface area (Å²) in [5.41, 5.74) is 1.02. The highest BCUT2D eigenvalue weighted by Gasteiger charge is 2.22. The SMILES string of the molecule is CC(C)COc1ccc(CC(=O)NC2CNCCC2C)cc1.Cl. The van der Waals surface area contributed by atoms with Crippen LogP contribution in [-0.2, 0) is 11.2 Å². The minimum Gasteiger partial charge on any atom is -0.493 e. The summed E-state index contributed by atoms with van der Waals surface area (Å²) in [6, 6.07) is 8.07. The lowest BCUT2D eigenvalue weighted by atomic mass is 9.94. The van der Waals surface area contributed by atoms with E-state index >= 15 is 0 Å². The van der Waals surface area contributed by atoms with Gasteiger partial charge in [0.15, 0.2) is 0 Å². The van der Waals surface area contributed by atoms with Crippen LogP contribution in [0.5, 0.6) is 5.75 Å². The number of nitrogens with one attached hydrogen (secondary N) is 2. The molecule has 1 amide bonds. The standard InChI is InChI=1S/C18H28N2O2.ClH/c1-13(2)12-22-16-6-4-15(5-7-16)10-18(21)20-17-11-19-9-8-14(17)3;/h4-7,13-14,17,19H,8-12H2,1-3H3,(H,20,21);1H. The van der Waals surface area contributed by atoms with Gasteiger partial charge in [0.2, 0.25) is 5.91 Å². The van der Waals surface area contributed by atoms with Crippen LogP contribution in [-0.4, -0.2) is 31.6 Å². The van der Waals surface area contributed by atoms with Gasteiger partial charge in [0.1, 0.15) is 5.75 Å². The second kappa shape index (κ2) is 9.78. The Morgan fingerprint density at radius 1 is 1.35 bits per heavy atom. The molecule has 0 saturated carbocycles. The van der Waals surface area contributed by atoms with Crippen LogP contribution >= 0.6 is 12.4 Å². The highest BCUT2D eigenvalue weighted by atomic mass is 35.5. The first-order valence-corrected chi connectivity index (χ1v) is 8.26. The van der Waals surface area contributed by atoms with Gasteiger partial charge in [0.05, 0.1) is 13.0 Å². The van der Waals surface area contributed by atoms with E-state index in [0.29, 0.717) is 24.9 Å². The molecule has 0 spiro atoms. The van der Waals surface area contributed by atoms with Gasteiger partial charge in [-0.3, -0.25) is 4.79 Å². The fourth-order valence-corrected chi connectivity index (χ4v) is 2.59. The van der Waals surface area contributed by atoms with Crippen LogP contribution in [0.2, 0.25) is 0 Å². The molecule has 0 aromatic heterocycles. The van der Waals surface area contributed by atoms with Gasteiger partial charge in [0, 0.05) is 12.6 Å². The molecule has 0 bridgehead atoms. The molecule has 23 heavy (non-hydrogen) atoms. The molecule has 1 aliphatic rings. The number of ether oxygens (including phenoxy) is 1. The average molecular weight is 341 g/mol. The van der Waals surface area contributed by atoms with Gasteiger partial charge >= 0.3 is 0 Å². The summed E-state index contributed by atoms with van der Waals surface area (Å²) in [7, 11) is 0. The molecule has 2 N–H and O–H groups in total. The van der Waals surface area contributed by atoms with Gasteiger partial charge in [-0.05, 0) is 42.5 Å². The lowest BCUT2D eigenvalue weighted by Crippen LogP contribution is -2.50. The Kier molecular flexibility index (Phi) is 8.42. The van der Waals surface area contributed by atoms with E-state index in [1.807, 2.05) is 24.3 Å². The van der Waals surface area contributed by atoms with Crippen molar-refractivity contribution in [2.45, 2.75) is 39.7 Å². The summed E-state index contributed by atoms with van der Waals surface area (Å²) >= 11 is 0. The van der Waals surface area contributed by atoms with Crippen LogP contribution in [0.1, 0.15) is 32.8 Å². The molecule has 1 heterocycles. The normalized spacial score (nSPS) is 20.7. The summed E-state index contributed by atoms with van der Waals surface area (Å²) in [4.78, 5) is 12.2. The Bertz CT molecular complexity index is 476. The Morgan fingerprint density at radius 2 is 2.04 bits per heavy atom. The van der Waals surface area contributed by atoms with Gasteiger partial charge in [-0.15, -0.1) is 12.4 Å². The van der Waals surface area contributed by atoms with E-state index in [4.69, 9.17) is 4.74 Å². The Morgan fingerprint density at radius 3 is 2.65 bits per heavy atom. The third kappa shape index (κ3) is 6.80. The molecule has 0 aliphatic carbocycles. The molecule has 2 rings (SSSR count). The average Bonchev–Trinajstić information content (AvgIpc) is 2.49. The third-order valence-corrected chi connectivity index (χ3v) is 4.05. The van der Waals surface area contributed by atoms with Crippen LogP contribution in [0, 0.1) is 11.8 Å². The number of hydrogen-bond donors (Lipinski definition) is 2. The van der Waals surface area contributed by atoms with Crippen LogP contribution in [0.4, 0.5) is 0 Å². The second-order valence-electron chi connectivity index (χ2n) is 6.67. The molecule has 130 valence electrons. The lowest BCUT2D eigenvalue weighted by Gasteiger charge is -2.30. The smallest absolute Gasteiger partial charge is 0.224 e. The van der Waals surface area contributed by atoms with Crippen LogP contribution in [0.15, 0.2) is 24.3 Å². The zero-order chi connectivity index (χ0) is 15.9. The van der Waals surface area contributed by atoms with E-state index in [2.05, 4.69) is 31.4 Å². The number of benzene rings is 1. The zero-order valence-electron chi connectivity index (χ0n) is 14.3. The van der Waals surface area contributed by atoms with Gasteiger partial charge in [-0.25, -0.2) is 0 Å². The molecule has 2 unspecified atom stereocenters. The third-order valence-electron chi connectivity index (χ3n) is 4.05. The van der Waals surface area contributed by atoms with Crippen LogP contribution < -0.4 is 15.4 Å². The molecule has 1 aromatic carbocycles. The number of rotatable bonds is 6. The fraction of sp³-hybridized carbons (Fsp3) is 0.611. The van der Waals surface area contributed by atoms with E-state index in [-0.39, 0.29) is 24.4 Å². The number of halogens is 1. The van der Waals surface area contributed by atoms with Gasteiger partial charge in [0.25, 0.3) is 0 Å². The van der Waals surface area contributed by atoms with E-state index in [0.717, 1.165) is 30.8 Å². The van der Waals surface area contributed by atoms with Crippen molar-refractivity contribution in [1.29, 1.82) is 0 Å². The van der Waals surface area contributed by atoms with Crippen LogP contribution in [0.3, 0.4) is 0 Å². The molecule has 4 nitrogen and oxygen atoms in total. The van der Waals surface area contributed by atoms with E-state index < -0.39 is 0 Å². The molecule has 2 atom stereocenters. The first-order valence-electron chi connectivity index (χ1n) is 8.26. The molecule has 1 saturated heterocycles. The molecule has 5 heteroatoms. The summed E-state index contributed by atoms with van der Waals surface area (Å²) in [5, 5.41) is 6.47. The molecule has 1 aliphatic heterocycles. The van der Waals surface area contributed by atoms with Crippen molar-refractivity contribution in [2.75, 3.05) is 19.7 Å². The lowest BCUT2D eigenvalue weighted by molar-refractivity contribution is -0.121. The fourth-order valence-electron chi connectivity index (χ4n) is 2.59. The number of hydrogen-bond acceptors (Lipinski definition) is 3. The summed E-state index contributed by atoms with van der Waals surface area (Å²) in [6.45, 7) is 9.08. The number of carbonyl (C=O) groups is 1. The maximum absolute atomic E-state index is 12.2. The minimum absolute atomic E-state index is 0. The Balaban J connectivity index is 0.00000264. The zero-order valence-corrected chi connectivity index (χ0v) is 15.1. The first-order chi connectivity index (χ1) is 10.5. The van der Waals surface area contributed by atoms with Crippen molar-refractivity contribution in [2.24, 2.45) is 11.8 Å². The second-order valence-corrected chi connectivity index (χ2v) is 6.67. The molecule has 1 fully saturated rings. The summed E-state index contributed by atoms with van der Waals surface area (Å²) in [6.07, 6.45) is 1.54. The predicted molar refractivity (Wildman–Crippen MR) is 96.3 cm³/mol. The van der Waals surface area contributed by atoms with E-state index in [9.17, 15) is 4.79 Å². The van der Waals surface area contributed by atoms with Crippen molar-refractivity contribution in [1.82, 2.24) is 10.6 Å². The largest absolute Gasteiger partial charge is 0.493 e. The van der Waals surface area contributed by atoms with Crippen molar-refractivity contribution < 1.29 is 9.53 Å². The first kappa shape index (κ1) is 19.8. The number of piperidine rings is 1. The Hall–Kier alpha value is -1.26. The van der Waals surface area contributed by atoms with Crippen molar-refractivity contribution in [3.8, 4) is 5.75 Å². The Labute approximate surface area is 145 Å². The van der Waals surface area contributed by atoms with Gasteiger partial charge in [-0.2, -0.15) is 0 Å². The highest BCUT2D eigenvalue weighted by molar-refractivity contribution is 5.85. The quantitative estimate of drug-likeness (QED) is 0.837. The number of carbonyl (C=O) groups excluding carboxylic acids is 1. The summed E-state index contributed by atoms with van der Waals surface area (Å²) < 4.78 is 5.65. The van der Waals surface area contributed by atoms with Gasteiger partial charge < -0.3 is 15.4 Å². The monoisotopic (exact) mass is 340 g/mol. The topological polar surface area (TPSA) is 50.4 Å². The van der Waals surface area contributed by atoms with Crippen molar-refractivity contribution in [3.05, 3.63) is 29.8 Å². The van der Waals surface area contributed by atoms with E-state index in [1.54, 1.807) is 0 Å². The maximum Gasteiger partial charge on any atom is 0.224 e. The minimum atomic E-state index is 0.